The van der Waals surface area contributed by atoms with Crippen LogP contribution in [0.4, 0.5) is 0 Å². The summed E-state index contributed by atoms with van der Waals surface area (Å²) >= 11 is 1.30. The van der Waals surface area contributed by atoms with Crippen molar-refractivity contribution < 1.29 is 13.2 Å². The molecule has 1 aliphatic heterocycles. The third-order valence-electron chi connectivity index (χ3n) is 4.57. The van der Waals surface area contributed by atoms with Gasteiger partial charge in [-0.25, -0.2) is 13.4 Å². The molecule has 28 heavy (non-hydrogen) atoms. The van der Waals surface area contributed by atoms with Crippen LogP contribution in [-0.2, 0) is 21.2 Å². The molecule has 10 heteroatoms. The summed E-state index contributed by atoms with van der Waals surface area (Å²) in [7, 11) is -3.52. The largest absolute Gasteiger partial charge is 0.339 e. The van der Waals surface area contributed by atoms with Crippen LogP contribution in [0.1, 0.15) is 24.7 Å². The van der Waals surface area contributed by atoms with Gasteiger partial charge in [-0.3, -0.25) is 9.89 Å². The molecule has 1 fully saturated rings. The van der Waals surface area contributed by atoms with Gasteiger partial charge in [-0.15, -0.1) is 5.10 Å². The monoisotopic (exact) mass is 423 g/mol. The van der Waals surface area contributed by atoms with Crippen LogP contribution >= 0.6 is 11.8 Å². The molecule has 1 amide bonds. The molecule has 0 bridgehead atoms. The van der Waals surface area contributed by atoms with E-state index in [1.165, 1.54) is 16.1 Å². The smallest absolute Gasteiger partial charge is 0.243 e. The van der Waals surface area contributed by atoms with Gasteiger partial charge in [0.15, 0.2) is 0 Å². The number of amides is 1. The van der Waals surface area contributed by atoms with Crippen LogP contribution in [0.2, 0.25) is 0 Å². The number of aromatic nitrogens is 3. The number of thioether (sulfide) groups is 1. The second kappa shape index (κ2) is 9.06. The number of sulfonamides is 1. The van der Waals surface area contributed by atoms with Gasteiger partial charge in [0, 0.05) is 32.6 Å². The minimum atomic E-state index is -3.52. The Labute approximate surface area is 169 Å². The number of hydrogen-bond acceptors (Lipinski definition) is 6. The number of aryl methyl sites for hydroxylation is 2. The van der Waals surface area contributed by atoms with E-state index in [0.29, 0.717) is 36.2 Å². The lowest BCUT2D eigenvalue weighted by molar-refractivity contribution is -0.129. The number of H-pyrrole nitrogens is 1. The molecule has 1 aromatic carbocycles. The van der Waals surface area contributed by atoms with Crippen LogP contribution in [0.25, 0.3) is 0 Å². The molecule has 2 heterocycles. The number of piperazine rings is 1. The number of carbonyl (C=O) groups excluding carboxylic acids is 1. The number of carbonyl (C=O) groups is 1. The zero-order valence-corrected chi connectivity index (χ0v) is 17.7. The van der Waals surface area contributed by atoms with E-state index in [4.69, 9.17) is 0 Å². The first kappa shape index (κ1) is 20.8. The zero-order valence-electron chi connectivity index (χ0n) is 16.1. The number of nitrogens with zero attached hydrogens (tertiary/aromatic N) is 4. The van der Waals surface area contributed by atoms with Crippen molar-refractivity contribution in [2.45, 2.75) is 36.7 Å². The van der Waals surface area contributed by atoms with E-state index in [1.807, 2.05) is 6.92 Å². The SMILES string of the molecule is CCCc1nc(SCC(=O)N2CCN(S(=O)(=O)c3ccc(C)cc3)CC2)n[nH]1. The van der Waals surface area contributed by atoms with E-state index in [-0.39, 0.29) is 11.7 Å². The summed E-state index contributed by atoms with van der Waals surface area (Å²) in [6, 6.07) is 6.84. The van der Waals surface area contributed by atoms with Crippen molar-refractivity contribution in [2.75, 3.05) is 31.9 Å². The molecule has 152 valence electrons. The molecule has 2 aromatic rings. The summed E-state index contributed by atoms with van der Waals surface area (Å²) in [5.41, 5.74) is 1.01. The van der Waals surface area contributed by atoms with Crippen LogP contribution in [0, 0.1) is 6.92 Å². The maximum absolute atomic E-state index is 12.7. The molecule has 1 aromatic heterocycles. The van der Waals surface area contributed by atoms with Crippen LogP contribution in [-0.4, -0.2) is 70.6 Å². The van der Waals surface area contributed by atoms with E-state index in [1.54, 1.807) is 29.2 Å². The van der Waals surface area contributed by atoms with Crippen molar-refractivity contribution in [3.8, 4) is 0 Å². The van der Waals surface area contributed by atoms with Crippen molar-refractivity contribution in [1.29, 1.82) is 0 Å². The van der Waals surface area contributed by atoms with Gasteiger partial charge in [-0.1, -0.05) is 36.4 Å². The number of rotatable bonds is 7. The molecule has 0 atom stereocenters. The predicted molar refractivity (Wildman–Crippen MR) is 108 cm³/mol. The summed E-state index contributed by atoms with van der Waals surface area (Å²) in [6.45, 7) is 5.36. The fourth-order valence-electron chi connectivity index (χ4n) is 2.95. The van der Waals surface area contributed by atoms with Gasteiger partial charge in [0.25, 0.3) is 0 Å². The summed E-state index contributed by atoms with van der Waals surface area (Å²) in [6.07, 6.45) is 1.81. The predicted octanol–water partition coefficient (Wildman–Crippen LogP) is 1.69. The highest BCUT2D eigenvalue weighted by Gasteiger charge is 2.30. The Morgan fingerprint density at radius 2 is 1.86 bits per heavy atom. The third kappa shape index (κ3) is 4.92. The van der Waals surface area contributed by atoms with Gasteiger partial charge < -0.3 is 4.90 Å². The molecule has 8 nitrogen and oxygen atoms in total. The Hall–Kier alpha value is -1.91. The zero-order chi connectivity index (χ0) is 20.1. The standard InChI is InChI=1S/C18H25N5O3S2/c1-3-4-16-19-18(21-20-16)27-13-17(24)22-9-11-23(12-10-22)28(25,26)15-7-5-14(2)6-8-15/h5-8H,3-4,9-13H2,1-2H3,(H,19,20,21). The average molecular weight is 424 g/mol. The van der Waals surface area contributed by atoms with Gasteiger partial charge in [0.2, 0.25) is 21.1 Å². The van der Waals surface area contributed by atoms with Crippen molar-refractivity contribution in [3.63, 3.8) is 0 Å². The second-order valence-corrected chi connectivity index (χ2v) is 9.58. The highest BCUT2D eigenvalue weighted by molar-refractivity contribution is 7.99. The first-order valence-electron chi connectivity index (χ1n) is 9.29. The van der Waals surface area contributed by atoms with Crippen molar-refractivity contribution >= 4 is 27.7 Å². The minimum Gasteiger partial charge on any atom is -0.339 e. The number of aromatic amines is 1. The summed E-state index contributed by atoms with van der Waals surface area (Å²) in [5.74, 6) is 1.04. The number of benzene rings is 1. The fourth-order valence-corrected chi connectivity index (χ4v) is 5.09. The molecule has 0 unspecified atom stereocenters. The number of nitrogens with one attached hydrogen (secondary N) is 1. The summed E-state index contributed by atoms with van der Waals surface area (Å²) in [4.78, 5) is 18.8. The highest BCUT2D eigenvalue weighted by Crippen LogP contribution is 2.19. The molecule has 1 N–H and O–H groups in total. The molecule has 1 saturated heterocycles. The lowest BCUT2D eigenvalue weighted by Gasteiger charge is -2.34. The van der Waals surface area contributed by atoms with Crippen molar-refractivity contribution in [3.05, 3.63) is 35.7 Å². The lowest BCUT2D eigenvalue weighted by Crippen LogP contribution is -2.50. The van der Waals surface area contributed by atoms with Crippen LogP contribution < -0.4 is 0 Å². The second-order valence-electron chi connectivity index (χ2n) is 6.70. The summed E-state index contributed by atoms with van der Waals surface area (Å²) in [5, 5.41) is 7.54. The van der Waals surface area contributed by atoms with Gasteiger partial charge in [0.05, 0.1) is 10.6 Å². The van der Waals surface area contributed by atoms with E-state index >= 15 is 0 Å². The van der Waals surface area contributed by atoms with Crippen LogP contribution in [0.3, 0.4) is 0 Å². The Kier molecular flexibility index (Phi) is 6.73. The van der Waals surface area contributed by atoms with Crippen molar-refractivity contribution in [2.24, 2.45) is 0 Å². The topological polar surface area (TPSA) is 99.3 Å². The van der Waals surface area contributed by atoms with Gasteiger partial charge >= 0.3 is 0 Å². The van der Waals surface area contributed by atoms with E-state index in [2.05, 4.69) is 22.1 Å². The Morgan fingerprint density at radius 3 is 2.50 bits per heavy atom. The van der Waals surface area contributed by atoms with Gasteiger partial charge in [-0.2, -0.15) is 4.31 Å². The van der Waals surface area contributed by atoms with Crippen molar-refractivity contribution in [1.82, 2.24) is 24.4 Å². The van der Waals surface area contributed by atoms with E-state index in [9.17, 15) is 13.2 Å². The van der Waals surface area contributed by atoms with Gasteiger partial charge in [-0.05, 0) is 25.5 Å². The fraction of sp³-hybridized carbons (Fsp3) is 0.500. The normalized spacial score (nSPS) is 15.7. The molecular weight excluding hydrogens is 398 g/mol. The molecule has 0 saturated carbocycles. The summed E-state index contributed by atoms with van der Waals surface area (Å²) < 4.78 is 26.9. The first-order chi connectivity index (χ1) is 13.4. The molecule has 0 spiro atoms. The Morgan fingerprint density at radius 1 is 1.18 bits per heavy atom. The Bertz CT molecular complexity index is 904. The van der Waals surface area contributed by atoms with Crippen LogP contribution in [0.15, 0.2) is 34.3 Å². The first-order valence-corrected chi connectivity index (χ1v) is 11.7. The minimum absolute atomic E-state index is 0.0285. The molecule has 3 rings (SSSR count). The van der Waals surface area contributed by atoms with Gasteiger partial charge in [0.1, 0.15) is 5.82 Å². The maximum Gasteiger partial charge on any atom is 0.243 e. The molecular formula is C18H25N5O3S2. The number of hydrogen-bond donors (Lipinski definition) is 1. The molecule has 0 aliphatic carbocycles. The quantitative estimate of drug-likeness (QED) is 0.681. The van der Waals surface area contributed by atoms with Crippen LogP contribution in [0.5, 0.6) is 0 Å². The average Bonchev–Trinajstić information content (AvgIpc) is 3.14. The van der Waals surface area contributed by atoms with E-state index < -0.39 is 10.0 Å². The van der Waals surface area contributed by atoms with E-state index in [0.717, 1.165) is 24.2 Å². The highest BCUT2D eigenvalue weighted by atomic mass is 32.2. The Balaban J connectivity index is 1.51. The molecule has 0 radical (unpaired) electrons. The lowest BCUT2D eigenvalue weighted by atomic mass is 10.2. The molecule has 1 aliphatic rings. The maximum atomic E-state index is 12.7. The third-order valence-corrected chi connectivity index (χ3v) is 7.32.